The Kier molecular flexibility index (Phi) is 4.72. The highest BCUT2D eigenvalue weighted by atomic mass is 15.4. The van der Waals surface area contributed by atoms with Crippen LogP contribution in [0.4, 0.5) is 0 Å². The lowest BCUT2D eigenvalue weighted by Gasteiger charge is -2.38. The Bertz CT molecular complexity index is 362. The van der Waals surface area contributed by atoms with E-state index in [1.54, 1.807) is 4.68 Å². The van der Waals surface area contributed by atoms with Crippen molar-refractivity contribution in [3.8, 4) is 0 Å². The molecular weight excluding hydrogens is 226 g/mol. The molecule has 0 aromatic carbocycles. The van der Waals surface area contributed by atoms with E-state index in [-0.39, 0.29) is 0 Å². The summed E-state index contributed by atoms with van der Waals surface area (Å²) < 4.78 is 1.77. The lowest BCUT2D eigenvalue weighted by atomic mass is 9.83. The zero-order valence-corrected chi connectivity index (χ0v) is 11.5. The highest BCUT2D eigenvalue weighted by molar-refractivity contribution is 4.94. The molecule has 0 saturated heterocycles. The van der Waals surface area contributed by atoms with Crippen LogP contribution in [0.25, 0.3) is 0 Å². The van der Waals surface area contributed by atoms with Gasteiger partial charge in [0.1, 0.15) is 0 Å². The first-order valence-corrected chi connectivity index (χ1v) is 7.04. The van der Waals surface area contributed by atoms with Crippen LogP contribution in [0.5, 0.6) is 0 Å². The highest BCUT2D eigenvalue weighted by Crippen LogP contribution is 2.28. The minimum Gasteiger partial charge on any atom is -0.330 e. The van der Waals surface area contributed by atoms with Crippen LogP contribution in [0, 0.1) is 5.92 Å². The van der Waals surface area contributed by atoms with Gasteiger partial charge in [0.2, 0.25) is 0 Å². The minimum absolute atomic E-state index is 0.621. The summed E-state index contributed by atoms with van der Waals surface area (Å²) in [6.45, 7) is 4.98. The molecule has 1 aliphatic carbocycles. The number of hydrogen-bond donors (Lipinski definition) is 1. The fourth-order valence-corrected chi connectivity index (χ4v) is 3.08. The van der Waals surface area contributed by atoms with E-state index in [1.165, 1.54) is 25.7 Å². The Hall–Kier alpha value is -0.940. The average molecular weight is 251 g/mol. The van der Waals surface area contributed by atoms with Crippen LogP contribution in [-0.2, 0) is 13.6 Å². The van der Waals surface area contributed by atoms with Gasteiger partial charge in [-0.1, -0.05) is 25.0 Å². The quantitative estimate of drug-likeness (QED) is 0.853. The van der Waals surface area contributed by atoms with Gasteiger partial charge in [-0.2, -0.15) is 0 Å². The third kappa shape index (κ3) is 3.09. The summed E-state index contributed by atoms with van der Waals surface area (Å²) in [4.78, 5) is 2.51. The maximum atomic E-state index is 5.92. The molecule has 0 amide bonds. The number of hydrogen-bond acceptors (Lipinski definition) is 4. The summed E-state index contributed by atoms with van der Waals surface area (Å²) in [6.07, 6.45) is 7.22. The third-order valence-corrected chi connectivity index (χ3v) is 4.06. The molecular formula is C13H25N5. The van der Waals surface area contributed by atoms with Crippen LogP contribution >= 0.6 is 0 Å². The molecule has 1 saturated carbocycles. The molecule has 1 aromatic rings. The van der Waals surface area contributed by atoms with Crippen molar-refractivity contribution in [2.75, 3.05) is 13.1 Å². The zero-order valence-electron chi connectivity index (χ0n) is 11.5. The molecule has 1 fully saturated rings. The molecule has 5 heteroatoms. The van der Waals surface area contributed by atoms with Crippen LogP contribution in [0.3, 0.4) is 0 Å². The molecule has 0 bridgehead atoms. The van der Waals surface area contributed by atoms with Crippen molar-refractivity contribution in [2.45, 2.75) is 45.2 Å². The van der Waals surface area contributed by atoms with Crippen molar-refractivity contribution in [1.29, 1.82) is 0 Å². The van der Waals surface area contributed by atoms with Crippen molar-refractivity contribution < 1.29 is 0 Å². The van der Waals surface area contributed by atoms with Crippen molar-refractivity contribution in [1.82, 2.24) is 19.9 Å². The second kappa shape index (κ2) is 6.29. The first-order valence-electron chi connectivity index (χ1n) is 7.04. The molecule has 2 N–H and O–H groups in total. The molecule has 1 aromatic heterocycles. The molecule has 102 valence electrons. The van der Waals surface area contributed by atoms with Crippen molar-refractivity contribution in [2.24, 2.45) is 18.7 Å². The van der Waals surface area contributed by atoms with E-state index in [4.69, 9.17) is 5.73 Å². The number of nitrogens with two attached hydrogens (primary N) is 1. The maximum Gasteiger partial charge on any atom is 0.0967 e. The number of rotatable bonds is 5. The van der Waals surface area contributed by atoms with Crippen molar-refractivity contribution in [3.63, 3.8) is 0 Å². The molecule has 2 atom stereocenters. The minimum atomic E-state index is 0.621. The van der Waals surface area contributed by atoms with E-state index in [0.29, 0.717) is 12.0 Å². The smallest absolute Gasteiger partial charge is 0.0967 e. The largest absolute Gasteiger partial charge is 0.330 e. The van der Waals surface area contributed by atoms with Gasteiger partial charge in [-0.15, -0.1) is 5.10 Å². The van der Waals surface area contributed by atoms with Gasteiger partial charge in [0.05, 0.1) is 5.69 Å². The lowest BCUT2D eigenvalue weighted by molar-refractivity contribution is 0.104. The van der Waals surface area contributed by atoms with Crippen molar-refractivity contribution >= 4 is 0 Å². The fraction of sp³-hybridized carbons (Fsp3) is 0.846. The van der Waals surface area contributed by atoms with Crippen LogP contribution < -0.4 is 5.73 Å². The zero-order chi connectivity index (χ0) is 13.0. The Morgan fingerprint density at radius 2 is 2.22 bits per heavy atom. The predicted molar refractivity (Wildman–Crippen MR) is 71.9 cm³/mol. The standard InChI is InChI=1S/C13H25N5/c1-3-18(10-12-9-17(2)16-15-12)13-7-5-4-6-11(13)8-14/h9,11,13H,3-8,10,14H2,1-2H3. The van der Waals surface area contributed by atoms with Crippen LogP contribution in [0.1, 0.15) is 38.3 Å². The van der Waals surface area contributed by atoms with E-state index in [2.05, 4.69) is 22.1 Å². The van der Waals surface area contributed by atoms with Gasteiger partial charge in [0, 0.05) is 25.8 Å². The van der Waals surface area contributed by atoms with Crippen LogP contribution in [0.15, 0.2) is 6.20 Å². The number of aryl methyl sites for hydroxylation is 1. The second-order valence-corrected chi connectivity index (χ2v) is 5.29. The van der Waals surface area contributed by atoms with Gasteiger partial charge in [-0.25, -0.2) is 0 Å². The average Bonchev–Trinajstić information content (AvgIpc) is 2.81. The molecule has 2 rings (SSSR count). The maximum absolute atomic E-state index is 5.92. The SMILES string of the molecule is CCN(Cc1cn(C)nn1)C1CCCCC1CN. The monoisotopic (exact) mass is 251 g/mol. The Morgan fingerprint density at radius 1 is 1.44 bits per heavy atom. The Labute approximate surface area is 109 Å². The molecule has 0 spiro atoms. The first kappa shape index (κ1) is 13.5. The molecule has 0 radical (unpaired) electrons. The van der Waals surface area contributed by atoms with E-state index < -0.39 is 0 Å². The topological polar surface area (TPSA) is 60.0 Å². The summed E-state index contributed by atoms with van der Waals surface area (Å²) in [5.74, 6) is 0.648. The van der Waals surface area contributed by atoms with E-state index in [0.717, 1.165) is 25.3 Å². The first-order chi connectivity index (χ1) is 8.74. The number of nitrogens with zero attached hydrogens (tertiary/aromatic N) is 4. The Balaban J connectivity index is 2.02. The van der Waals surface area contributed by atoms with Gasteiger partial charge in [-0.05, 0) is 31.8 Å². The van der Waals surface area contributed by atoms with Gasteiger partial charge >= 0.3 is 0 Å². The van der Waals surface area contributed by atoms with Gasteiger partial charge in [0.15, 0.2) is 0 Å². The summed E-state index contributed by atoms with van der Waals surface area (Å²) in [6, 6.07) is 0.621. The van der Waals surface area contributed by atoms with E-state index in [9.17, 15) is 0 Å². The summed E-state index contributed by atoms with van der Waals surface area (Å²) in [5, 5.41) is 8.19. The summed E-state index contributed by atoms with van der Waals surface area (Å²) >= 11 is 0. The van der Waals surface area contributed by atoms with Crippen LogP contribution in [0.2, 0.25) is 0 Å². The second-order valence-electron chi connectivity index (χ2n) is 5.29. The van der Waals surface area contributed by atoms with Crippen molar-refractivity contribution in [3.05, 3.63) is 11.9 Å². The van der Waals surface area contributed by atoms with E-state index in [1.807, 2.05) is 13.2 Å². The van der Waals surface area contributed by atoms with E-state index >= 15 is 0 Å². The van der Waals surface area contributed by atoms with Gasteiger partial charge in [0.25, 0.3) is 0 Å². The third-order valence-electron chi connectivity index (χ3n) is 4.06. The Morgan fingerprint density at radius 3 is 2.83 bits per heavy atom. The highest BCUT2D eigenvalue weighted by Gasteiger charge is 2.28. The molecule has 2 unspecified atom stereocenters. The molecule has 0 aliphatic heterocycles. The molecule has 5 nitrogen and oxygen atoms in total. The van der Waals surface area contributed by atoms with Gasteiger partial charge < -0.3 is 5.73 Å². The molecule has 1 aliphatic rings. The summed E-state index contributed by atoms with van der Waals surface area (Å²) in [5.41, 5.74) is 6.98. The molecule has 18 heavy (non-hydrogen) atoms. The lowest BCUT2D eigenvalue weighted by Crippen LogP contribution is -2.44. The normalized spacial score (nSPS) is 24.7. The van der Waals surface area contributed by atoms with Gasteiger partial charge in [-0.3, -0.25) is 9.58 Å². The molecule has 1 heterocycles. The van der Waals surface area contributed by atoms with Crippen LogP contribution in [-0.4, -0.2) is 39.0 Å². The predicted octanol–water partition coefficient (Wildman–Crippen LogP) is 1.15. The number of aromatic nitrogens is 3. The summed E-state index contributed by atoms with van der Waals surface area (Å²) in [7, 11) is 1.91. The fourth-order valence-electron chi connectivity index (χ4n) is 3.08.